The standard InChI is InChI=1S/C17H16Cl2N4O2/c18-14-7-11(8-21-15(14)19)16(24)22-12-4-1-10(2-5-12)3-6-13-9-25-17(20)23-13/h1-2,4-5,7-8,13H,3,6,9H2,(H2,20,23)(H,22,24)/t13-/m0/s1. The summed E-state index contributed by atoms with van der Waals surface area (Å²) in [6, 6.07) is 9.48. The third kappa shape index (κ3) is 4.61. The lowest BCUT2D eigenvalue weighted by Crippen LogP contribution is -2.12. The second-order valence-electron chi connectivity index (χ2n) is 5.62. The van der Waals surface area contributed by atoms with Gasteiger partial charge in [-0.25, -0.2) is 9.98 Å². The van der Waals surface area contributed by atoms with Crippen LogP contribution < -0.4 is 11.1 Å². The van der Waals surface area contributed by atoms with E-state index in [0.717, 1.165) is 18.4 Å². The van der Waals surface area contributed by atoms with Gasteiger partial charge in [-0.3, -0.25) is 4.79 Å². The molecule has 8 heteroatoms. The number of nitrogens with one attached hydrogen (secondary N) is 1. The van der Waals surface area contributed by atoms with Gasteiger partial charge < -0.3 is 15.8 Å². The number of carbonyl (C=O) groups excluding carboxylic acids is 1. The van der Waals surface area contributed by atoms with Crippen molar-refractivity contribution in [2.24, 2.45) is 10.7 Å². The number of amidine groups is 1. The molecule has 130 valence electrons. The number of rotatable bonds is 5. The number of carbonyl (C=O) groups is 1. The minimum Gasteiger partial charge on any atom is -0.463 e. The summed E-state index contributed by atoms with van der Waals surface area (Å²) in [5, 5.41) is 3.20. The molecule has 1 aliphatic rings. The van der Waals surface area contributed by atoms with Gasteiger partial charge in [0.15, 0.2) is 0 Å². The summed E-state index contributed by atoms with van der Waals surface area (Å²) in [6.45, 7) is 0.539. The zero-order chi connectivity index (χ0) is 17.8. The first kappa shape index (κ1) is 17.5. The monoisotopic (exact) mass is 378 g/mol. The molecule has 2 aromatic rings. The van der Waals surface area contributed by atoms with Gasteiger partial charge >= 0.3 is 0 Å². The average molecular weight is 379 g/mol. The number of hydrogen-bond acceptors (Lipinski definition) is 5. The Bertz CT molecular complexity index is 809. The molecule has 3 N–H and O–H groups in total. The summed E-state index contributed by atoms with van der Waals surface area (Å²) >= 11 is 11.6. The molecule has 0 unspecified atom stereocenters. The second kappa shape index (κ2) is 7.72. The van der Waals surface area contributed by atoms with Gasteiger partial charge in [0.25, 0.3) is 11.9 Å². The van der Waals surface area contributed by atoms with Crippen LogP contribution in [0.15, 0.2) is 41.5 Å². The Kier molecular flexibility index (Phi) is 5.40. The molecule has 3 rings (SSSR count). The predicted octanol–water partition coefficient (Wildman–Crippen LogP) is 3.29. The fourth-order valence-electron chi connectivity index (χ4n) is 2.42. The lowest BCUT2D eigenvalue weighted by molar-refractivity contribution is 0.102. The molecule has 1 aromatic heterocycles. The molecular weight excluding hydrogens is 363 g/mol. The number of hydrogen-bond donors (Lipinski definition) is 2. The molecular formula is C17H16Cl2N4O2. The van der Waals surface area contributed by atoms with E-state index in [2.05, 4.69) is 15.3 Å². The van der Waals surface area contributed by atoms with E-state index in [1.807, 2.05) is 24.3 Å². The highest BCUT2D eigenvalue weighted by atomic mass is 35.5. The van der Waals surface area contributed by atoms with E-state index in [-0.39, 0.29) is 28.1 Å². The molecule has 0 radical (unpaired) electrons. The Hall–Kier alpha value is -2.31. The number of pyridine rings is 1. The van der Waals surface area contributed by atoms with Crippen molar-refractivity contribution in [1.82, 2.24) is 4.98 Å². The van der Waals surface area contributed by atoms with E-state index < -0.39 is 0 Å². The molecule has 2 heterocycles. The maximum atomic E-state index is 12.2. The van der Waals surface area contributed by atoms with Crippen LogP contribution >= 0.6 is 23.2 Å². The Balaban J connectivity index is 1.56. The summed E-state index contributed by atoms with van der Waals surface area (Å²) in [4.78, 5) is 20.3. The van der Waals surface area contributed by atoms with Crippen molar-refractivity contribution in [3.63, 3.8) is 0 Å². The topological polar surface area (TPSA) is 89.6 Å². The van der Waals surface area contributed by atoms with Crippen molar-refractivity contribution in [1.29, 1.82) is 0 Å². The van der Waals surface area contributed by atoms with Crippen molar-refractivity contribution in [2.45, 2.75) is 18.9 Å². The van der Waals surface area contributed by atoms with Crippen LogP contribution in [0.25, 0.3) is 0 Å². The smallest absolute Gasteiger partial charge is 0.282 e. The van der Waals surface area contributed by atoms with Crippen molar-refractivity contribution in [3.8, 4) is 0 Å². The van der Waals surface area contributed by atoms with Gasteiger partial charge in [-0.2, -0.15) is 0 Å². The van der Waals surface area contributed by atoms with Crippen LogP contribution in [0.4, 0.5) is 5.69 Å². The fourth-order valence-corrected chi connectivity index (χ4v) is 2.69. The van der Waals surface area contributed by atoms with Gasteiger partial charge in [0, 0.05) is 11.9 Å². The van der Waals surface area contributed by atoms with Gasteiger partial charge in [0.05, 0.1) is 16.6 Å². The van der Waals surface area contributed by atoms with Crippen LogP contribution in [-0.4, -0.2) is 29.6 Å². The zero-order valence-electron chi connectivity index (χ0n) is 13.2. The Morgan fingerprint density at radius 3 is 2.72 bits per heavy atom. The number of amides is 1. The maximum Gasteiger partial charge on any atom is 0.282 e. The number of aliphatic imine (C=N–C) groups is 1. The molecule has 1 aliphatic heterocycles. The Labute approximate surface area is 155 Å². The van der Waals surface area contributed by atoms with Gasteiger partial charge in [-0.05, 0) is 36.6 Å². The van der Waals surface area contributed by atoms with Gasteiger partial charge in [0.1, 0.15) is 11.8 Å². The fraction of sp³-hybridized carbons (Fsp3) is 0.235. The molecule has 1 atom stereocenters. The van der Waals surface area contributed by atoms with Crippen molar-refractivity contribution < 1.29 is 9.53 Å². The summed E-state index contributed by atoms with van der Waals surface area (Å²) < 4.78 is 5.13. The van der Waals surface area contributed by atoms with E-state index in [0.29, 0.717) is 17.9 Å². The second-order valence-corrected chi connectivity index (χ2v) is 6.38. The Morgan fingerprint density at radius 2 is 2.08 bits per heavy atom. The summed E-state index contributed by atoms with van der Waals surface area (Å²) in [5.41, 5.74) is 7.67. The summed E-state index contributed by atoms with van der Waals surface area (Å²) in [6.07, 6.45) is 3.10. The molecule has 0 saturated heterocycles. The lowest BCUT2D eigenvalue weighted by Gasteiger charge is -2.08. The molecule has 0 aliphatic carbocycles. The third-order valence-corrected chi connectivity index (χ3v) is 4.46. The summed E-state index contributed by atoms with van der Waals surface area (Å²) in [7, 11) is 0. The number of ether oxygens (including phenoxy) is 1. The highest BCUT2D eigenvalue weighted by Crippen LogP contribution is 2.21. The van der Waals surface area contributed by atoms with Crippen molar-refractivity contribution in [3.05, 3.63) is 57.8 Å². The van der Waals surface area contributed by atoms with E-state index in [9.17, 15) is 4.79 Å². The van der Waals surface area contributed by atoms with Crippen LogP contribution in [0.2, 0.25) is 10.2 Å². The number of aromatic nitrogens is 1. The van der Waals surface area contributed by atoms with Crippen LogP contribution in [0, 0.1) is 0 Å². The van der Waals surface area contributed by atoms with Crippen molar-refractivity contribution in [2.75, 3.05) is 11.9 Å². The molecule has 6 nitrogen and oxygen atoms in total. The van der Waals surface area contributed by atoms with Gasteiger partial charge in [-0.15, -0.1) is 0 Å². The lowest BCUT2D eigenvalue weighted by atomic mass is 10.1. The minimum absolute atomic E-state index is 0.113. The predicted molar refractivity (Wildman–Crippen MR) is 98.3 cm³/mol. The molecule has 0 saturated carbocycles. The molecule has 1 aromatic carbocycles. The first-order chi connectivity index (χ1) is 12.0. The van der Waals surface area contributed by atoms with E-state index in [1.54, 1.807) is 0 Å². The molecule has 1 amide bonds. The van der Waals surface area contributed by atoms with Crippen LogP contribution in [-0.2, 0) is 11.2 Å². The maximum absolute atomic E-state index is 12.2. The van der Waals surface area contributed by atoms with Crippen LogP contribution in [0.3, 0.4) is 0 Å². The number of anilines is 1. The van der Waals surface area contributed by atoms with E-state index in [1.165, 1.54) is 12.3 Å². The van der Waals surface area contributed by atoms with Crippen LogP contribution in [0.5, 0.6) is 0 Å². The average Bonchev–Trinajstić information content (AvgIpc) is 3.02. The van der Waals surface area contributed by atoms with Crippen molar-refractivity contribution >= 4 is 40.8 Å². The van der Waals surface area contributed by atoms with Gasteiger partial charge in [-0.1, -0.05) is 35.3 Å². The van der Waals surface area contributed by atoms with E-state index in [4.69, 9.17) is 33.7 Å². The highest BCUT2D eigenvalue weighted by molar-refractivity contribution is 6.41. The highest BCUT2D eigenvalue weighted by Gasteiger charge is 2.16. The molecule has 0 spiro atoms. The number of nitrogens with zero attached hydrogens (tertiary/aromatic N) is 2. The SMILES string of the molecule is NC1=N[C@@H](CCc2ccc(NC(=O)c3cnc(Cl)c(Cl)c3)cc2)CO1. The molecule has 0 bridgehead atoms. The number of benzene rings is 1. The largest absolute Gasteiger partial charge is 0.463 e. The Morgan fingerprint density at radius 1 is 1.32 bits per heavy atom. The normalized spacial score (nSPS) is 16.2. The van der Waals surface area contributed by atoms with Gasteiger partial charge in [0.2, 0.25) is 0 Å². The third-order valence-electron chi connectivity index (χ3n) is 3.77. The number of aryl methyl sites for hydroxylation is 1. The molecule has 0 fully saturated rings. The number of nitrogens with two attached hydrogens (primary N) is 1. The summed E-state index contributed by atoms with van der Waals surface area (Å²) in [5.74, 6) is -0.299. The first-order valence-electron chi connectivity index (χ1n) is 7.68. The zero-order valence-corrected chi connectivity index (χ0v) is 14.7. The first-order valence-corrected chi connectivity index (χ1v) is 8.44. The quantitative estimate of drug-likeness (QED) is 0.781. The number of halogens is 2. The molecule has 25 heavy (non-hydrogen) atoms. The van der Waals surface area contributed by atoms with E-state index >= 15 is 0 Å². The minimum atomic E-state index is -0.299. The van der Waals surface area contributed by atoms with Crippen LogP contribution in [0.1, 0.15) is 22.3 Å².